The van der Waals surface area contributed by atoms with Crippen molar-refractivity contribution in [2.24, 2.45) is 5.73 Å². The molecule has 0 aliphatic carbocycles. The van der Waals surface area contributed by atoms with Crippen molar-refractivity contribution in [3.63, 3.8) is 0 Å². The van der Waals surface area contributed by atoms with E-state index < -0.39 is 9.84 Å². The molecule has 0 aromatic heterocycles. The van der Waals surface area contributed by atoms with Gasteiger partial charge in [0.25, 0.3) is 0 Å². The lowest BCUT2D eigenvalue weighted by Crippen LogP contribution is -2.16. The molecule has 0 saturated heterocycles. The van der Waals surface area contributed by atoms with Crippen molar-refractivity contribution < 1.29 is 8.42 Å². The Balaban J connectivity index is 2.80. The Morgan fingerprint density at radius 3 is 2.67 bits per heavy atom. The fraction of sp³-hybridized carbons (Fsp3) is 0.200. The van der Waals surface area contributed by atoms with Gasteiger partial charge < -0.3 is 5.73 Å². The van der Waals surface area contributed by atoms with Gasteiger partial charge in [0.05, 0.1) is 4.90 Å². The van der Waals surface area contributed by atoms with Gasteiger partial charge in [-0.2, -0.15) is 0 Å². The molecule has 5 heteroatoms. The summed E-state index contributed by atoms with van der Waals surface area (Å²) >= 11 is 5.97. The van der Waals surface area contributed by atoms with Gasteiger partial charge in [0.2, 0.25) is 9.84 Å². The molecule has 80 valence electrons. The van der Waals surface area contributed by atoms with E-state index >= 15 is 0 Å². The maximum absolute atomic E-state index is 11.7. The van der Waals surface area contributed by atoms with E-state index in [2.05, 4.69) is 0 Å². The van der Waals surface area contributed by atoms with E-state index in [1.165, 1.54) is 5.41 Å². The average Bonchev–Trinajstić information content (AvgIpc) is 2.40. The highest BCUT2D eigenvalue weighted by Gasteiger charge is 2.30. The molecular weight excluding hydrogens is 234 g/mol. The van der Waals surface area contributed by atoms with Crippen molar-refractivity contribution in [2.45, 2.75) is 17.9 Å². The summed E-state index contributed by atoms with van der Waals surface area (Å²) in [5.74, 6) is 0. The average molecular weight is 244 g/mol. The fourth-order valence-corrected chi connectivity index (χ4v) is 3.56. The largest absolute Gasteiger partial charge is 0.324 e. The Hall–Kier alpha value is -0.840. The highest BCUT2D eigenvalue weighted by atomic mass is 35.5. The molecule has 0 radical (unpaired) electrons. The quantitative estimate of drug-likeness (QED) is 0.819. The first-order valence-electron chi connectivity index (χ1n) is 4.44. The van der Waals surface area contributed by atoms with Gasteiger partial charge in [-0.05, 0) is 24.6 Å². The molecule has 1 aliphatic rings. The molecule has 2 N–H and O–H groups in total. The summed E-state index contributed by atoms with van der Waals surface area (Å²) in [5.41, 5.74) is 6.84. The van der Waals surface area contributed by atoms with Crippen LogP contribution in [0.2, 0.25) is 5.02 Å². The van der Waals surface area contributed by atoms with E-state index in [4.69, 9.17) is 17.3 Å². The molecule has 1 aromatic carbocycles. The van der Waals surface area contributed by atoms with E-state index in [-0.39, 0.29) is 10.9 Å². The van der Waals surface area contributed by atoms with Crippen molar-refractivity contribution in [3.8, 4) is 0 Å². The maximum atomic E-state index is 11.7. The van der Waals surface area contributed by atoms with E-state index in [0.717, 1.165) is 0 Å². The van der Waals surface area contributed by atoms with E-state index in [1.54, 1.807) is 25.1 Å². The van der Waals surface area contributed by atoms with Crippen molar-refractivity contribution in [2.75, 3.05) is 0 Å². The molecule has 1 aromatic rings. The van der Waals surface area contributed by atoms with Crippen molar-refractivity contribution in [1.82, 2.24) is 0 Å². The van der Waals surface area contributed by atoms with Crippen LogP contribution in [-0.4, -0.2) is 14.5 Å². The molecular formula is C10H10ClNO2S. The van der Waals surface area contributed by atoms with E-state index in [0.29, 0.717) is 16.2 Å². The Kier molecular flexibility index (Phi) is 2.37. The predicted molar refractivity (Wildman–Crippen MR) is 60.3 cm³/mol. The van der Waals surface area contributed by atoms with Crippen molar-refractivity contribution in [1.29, 1.82) is 0 Å². The molecule has 1 atom stereocenters. The highest BCUT2D eigenvalue weighted by molar-refractivity contribution is 7.95. The molecule has 0 bridgehead atoms. The molecule has 0 fully saturated rings. The lowest BCUT2D eigenvalue weighted by atomic mass is 10.0. The normalized spacial score (nSPS) is 19.5. The van der Waals surface area contributed by atoms with Crippen LogP contribution in [0.5, 0.6) is 0 Å². The number of fused-ring (bicyclic) bond motifs is 1. The Labute approximate surface area is 93.5 Å². The molecule has 2 rings (SSSR count). The van der Waals surface area contributed by atoms with Crippen LogP contribution in [-0.2, 0) is 9.84 Å². The second-order valence-electron chi connectivity index (χ2n) is 3.52. The first kappa shape index (κ1) is 10.7. The van der Waals surface area contributed by atoms with Crippen LogP contribution in [0.4, 0.5) is 0 Å². The van der Waals surface area contributed by atoms with Gasteiger partial charge in [0.1, 0.15) is 0 Å². The third-order valence-corrected chi connectivity index (χ3v) is 4.18. The second kappa shape index (κ2) is 3.33. The van der Waals surface area contributed by atoms with Crippen LogP contribution in [0.1, 0.15) is 12.5 Å². The molecule has 1 unspecified atom stereocenters. The third-order valence-electron chi connectivity index (χ3n) is 2.34. The summed E-state index contributed by atoms with van der Waals surface area (Å²) in [5, 5.41) is 1.63. The Bertz CT molecular complexity index is 547. The predicted octanol–water partition coefficient (Wildman–Crippen LogP) is 1.82. The second-order valence-corrected chi connectivity index (χ2v) is 5.69. The number of halogens is 1. The van der Waals surface area contributed by atoms with Crippen LogP contribution in [0.15, 0.2) is 28.5 Å². The maximum Gasteiger partial charge on any atom is 0.200 e. The highest BCUT2D eigenvalue weighted by Crippen LogP contribution is 2.38. The summed E-state index contributed by atoms with van der Waals surface area (Å²) in [7, 11) is -3.35. The monoisotopic (exact) mass is 243 g/mol. The Morgan fingerprint density at radius 2 is 2.07 bits per heavy atom. The summed E-state index contributed by atoms with van der Waals surface area (Å²) in [6.07, 6.45) is 0. The minimum atomic E-state index is -3.35. The number of hydrogen-bond acceptors (Lipinski definition) is 3. The zero-order valence-corrected chi connectivity index (χ0v) is 9.64. The zero-order chi connectivity index (χ0) is 11.2. The Morgan fingerprint density at radius 1 is 1.40 bits per heavy atom. The first-order chi connectivity index (χ1) is 6.93. The van der Waals surface area contributed by atoms with Gasteiger partial charge in [-0.1, -0.05) is 17.7 Å². The van der Waals surface area contributed by atoms with E-state index in [9.17, 15) is 8.42 Å². The molecule has 1 aliphatic heterocycles. The standard InChI is InChI=1S/C10H10ClNO2S/c1-6(12)7-5-15(13,14)9-4-2-3-8(11)10(7)9/h2-6H,12H2,1H3. The smallest absolute Gasteiger partial charge is 0.200 e. The first-order valence-corrected chi connectivity index (χ1v) is 6.37. The number of nitrogens with two attached hydrogens (primary N) is 1. The van der Waals surface area contributed by atoms with Crippen LogP contribution < -0.4 is 5.73 Å². The summed E-state index contributed by atoms with van der Waals surface area (Å²) in [4.78, 5) is 0.252. The number of hydrogen-bond donors (Lipinski definition) is 1. The summed E-state index contributed by atoms with van der Waals surface area (Å²) in [6.45, 7) is 1.74. The van der Waals surface area contributed by atoms with Crippen molar-refractivity contribution in [3.05, 3.63) is 34.2 Å². The summed E-state index contributed by atoms with van der Waals surface area (Å²) in [6, 6.07) is 4.48. The third kappa shape index (κ3) is 1.58. The minimum Gasteiger partial charge on any atom is -0.324 e. The molecule has 0 amide bonds. The zero-order valence-electron chi connectivity index (χ0n) is 8.07. The number of sulfone groups is 1. The van der Waals surface area contributed by atoms with Crippen LogP contribution in [0.25, 0.3) is 5.57 Å². The lowest BCUT2D eigenvalue weighted by molar-refractivity contribution is 0.605. The van der Waals surface area contributed by atoms with Gasteiger partial charge >= 0.3 is 0 Å². The fourth-order valence-electron chi connectivity index (χ4n) is 1.65. The van der Waals surface area contributed by atoms with Crippen LogP contribution in [0.3, 0.4) is 0 Å². The molecule has 0 spiro atoms. The van der Waals surface area contributed by atoms with Gasteiger partial charge in [-0.3, -0.25) is 0 Å². The lowest BCUT2D eigenvalue weighted by Gasteiger charge is -2.09. The number of benzene rings is 1. The summed E-state index contributed by atoms with van der Waals surface area (Å²) < 4.78 is 23.5. The SMILES string of the molecule is CC(N)C1=CS(=O)(=O)c2cccc(Cl)c21. The topological polar surface area (TPSA) is 60.2 Å². The minimum absolute atomic E-state index is 0.252. The van der Waals surface area contributed by atoms with Gasteiger partial charge in [-0.25, -0.2) is 8.42 Å². The van der Waals surface area contributed by atoms with Gasteiger partial charge in [0, 0.05) is 22.0 Å². The van der Waals surface area contributed by atoms with Gasteiger partial charge in [-0.15, -0.1) is 0 Å². The molecule has 15 heavy (non-hydrogen) atoms. The molecule has 1 heterocycles. The van der Waals surface area contributed by atoms with Crippen molar-refractivity contribution >= 4 is 27.0 Å². The van der Waals surface area contributed by atoms with Crippen LogP contribution in [0, 0.1) is 0 Å². The molecule has 3 nitrogen and oxygen atoms in total. The van der Waals surface area contributed by atoms with E-state index in [1.807, 2.05) is 0 Å². The molecule has 0 saturated carbocycles. The van der Waals surface area contributed by atoms with Gasteiger partial charge in [0.15, 0.2) is 0 Å². The number of rotatable bonds is 1. The van der Waals surface area contributed by atoms with Crippen LogP contribution >= 0.6 is 11.6 Å².